The van der Waals surface area contributed by atoms with E-state index in [1.54, 1.807) is 12.1 Å². The van der Waals surface area contributed by atoms with Gasteiger partial charge < -0.3 is 10.1 Å². The van der Waals surface area contributed by atoms with Crippen LogP contribution in [-0.4, -0.2) is 5.91 Å². The summed E-state index contributed by atoms with van der Waals surface area (Å²) in [7, 11) is 0. The molecule has 3 aromatic carbocycles. The van der Waals surface area contributed by atoms with Gasteiger partial charge in [0.25, 0.3) is 5.91 Å². The molecule has 0 fully saturated rings. The summed E-state index contributed by atoms with van der Waals surface area (Å²) in [5.41, 5.74) is 4.71. The molecule has 0 saturated heterocycles. The summed E-state index contributed by atoms with van der Waals surface area (Å²) < 4.78 is 5.79. The number of nitrogens with one attached hydrogen (secondary N) is 1. The number of amides is 1. The Morgan fingerprint density at radius 2 is 1.60 bits per heavy atom. The third kappa shape index (κ3) is 4.70. The highest BCUT2D eigenvalue weighted by Crippen LogP contribution is 2.18. The maximum Gasteiger partial charge on any atom is 0.255 e. The Morgan fingerprint density at radius 1 is 0.880 bits per heavy atom. The standard InChI is InChI=1S/C22H21NO2/c1-16-11-17(2)13-20(12-16)23-22(24)19-9-6-10-21(14-19)25-15-18-7-4-3-5-8-18/h3-14H,15H2,1-2H3,(H,23,24). The van der Waals surface area contributed by atoms with E-state index in [1.807, 2.05) is 68.4 Å². The van der Waals surface area contributed by atoms with Crippen LogP contribution in [0.1, 0.15) is 27.0 Å². The van der Waals surface area contributed by atoms with Crippen LogP contribution >= 0.6 is 0 Å². The van der Waals surface area contributed by atoms with Gasteiger partial charge in [-0.05, 0) is 60.9 Å². The van der Waals surface area contributed by atoms with Crippen molar-refractivity contribution in [3.8, 4) is 5.75 Å². The van der Waals surface area contributed by atoms with Gasteiger partial charge in [0, 0.05) is 11.3 Å². The second-order valence-corrected chi connectivity index (χ2v) is 6.13. The van der Waals surface area contributed by atoms with E-state index in [0.717, 1.165) is 22.4 Å². The molecule has 25 heavy (non-hydrogen) atoms. The third-order valence-electron chi connectivity index (χ3n) is 3.82. The Hall–Kier alpha value is -3.07. The number of hydrogen-bond acceptors (Lipinski definition) is 2. The van der Waals surface area contributed by atoms with Gasteiger partial charge in [-0.2, -0.15) is 0 Å². The fraction of sp³-hybridized carbons (Fsp3) is 0.136. The summed E-state index contributed by atoms with van der Waals surface area (Å²) in [6.45, 7) is 4.50. The van der Waals surface area contributed by atoms with Gasteiger partial charge in [-0.3, -0.25) is 4.79 Å². The molecule has 0 aromatic heterocycles. The third-order valence-corrected chi connectivity index (χ3v) is 3.82. The van der Waals surface area contributed by atoms with Crippen LogP contribution in [0.25, 0.3) is 0 Å². The van der Waals surface area contributed by atoms with Gasteiger partial charge in [0.05, 0.1) is 0 Å². The molecule has 0 heterocycles. The zero-order chi connectivity index (χ0) is 17.6. The lowest BCUT2D eigenvalue weighted by Gasteiger charge is -2.10. The van der Waals surface area contributed by atoms with Crippen LogP contribution < -0.4 is 10.1 Å². The van der Waals surface area contributed by atoms with Crippen molar-refractivity contribution in [1.82, 2.24) is 0 Å². The van der Waals surface area contributed by atoms with Crippen LogP contribution in [-0.2, 0) is 6.61 Å². The van der Waals surface area contributed by atoms with Gasteiger partial charge in [0.1, 0.15) is 12.4 Å². The molecule has 3 aromatic rings. The van der Waals surface area contributed by atoms with Crippen LogP contribution in [0.15, 0.2) is 72.8 Å². The summed E-state index contributed by atoms with van der Waals surface area (Å²) in [5.74, 6) is 0.534. The first kappa shape index (κ1) is 16.8. The number of rotatable bonds is 5. The van der Waals surface area contributed by atoms with Crippen LogP contribution in [0.4, 0.5) is 5.69 Å². The predicted molar refractivity (Wildman–Crippen MR) is 101 cm³/mol. The first-order chi connectivity index (χ1) is 12.1. The van der Waals surface area contributed by atoms with E-state index in [-0.39, 0.29) is 5.91 Å². The number of ether oxygens (including phenoxy) is 1. The SMILES string of the molecule is Cc1cc(C)cc(NC(=O)c2cccc(OCc3ccccc3)c2)c1. The monoisotopic (exact) mass is 331 g/mol. The highest BCUT2D eigenvalue weighted by molar-refractivity contribution is 6.04. The summed E-state index contributed by atoms with van der Waals surface area (Å²) in [4.78, 5) is 12.5. The Morgan fingerprint density at radius 3 is 2.32 bits per heavy atom. The van der Waals surface area contributed by atoms with Crippen molar-refractivity contribution in [2.24, 2.45) is 0 Å². The number of benzene rings is 3. The van der Waals surface area contributed by atoms with Crippen molar-refractivity contribution in [2.45, 2.75) is 20.5 Å². The van der Waals surface area contributed by atoms with Crippen molar-refractivity contribution in [1.29, 1.82) is 0 Å². The zero-order valence-electron chi connectivity index (χ0n) is 14.5. The van der Waals surface area contributed by atoms with Gasteiger partial charge in [-0.15, -0.1) is 0 Å². The molecule has 0 unspecified atom stereocenters. The van der Waals surface area contributed by atoms with E-state index >= 15 is 0 Å². The molecular weight excluding hydrogens is 310 g/mol. The minimum Gasteiger partial charge on any atom is -0.489 e. The van der Waals surface area contributed by atoms with Crippen molar-refractivity contribution in [3.05, 3.63) is 95.1 Å². The Bertz CT molecular complexity index is 852. The molecule has 3 rings (SSSR count). The smallest absolute Gasteiger partial charge is 0.255 e. The van der Waals surface area contributed by atoms with Gasteiger partial charge in [-0.25, -0.2) is 0 Å². The van der Waals surface area contributed by atoms with Gasteiger partial charge >= 0.3 is 0 Å². The molecule has 0 aliphatic carbocycles. The molecule has 0 spiro atoms. The minimum absolute atomic E-state index is 0.143. The average molecular weight is 331 g/mol. The summed E-state index contributed by atoms with van der Waals surface area (Å²) in [5, 5.41) is 2.95. The molecule has 0 aliphatic heterocycles. The second-order valence-electron chi connectivity index (χ2n) is 6.13. The maximum absolute atomic E-state index is 12.5. The molecule has 0 radical (unpaired) electrons. The number of carbonyl (C=O) groups excluding carboxylic acids is 1. The lowest BCUT2D eigenvalue weighted by atomic mass is 10.1. The molecule has 3 heteroatoms. The van der Waals surface area contributed by atoms with Crippen LogP contribution in [0.2, 0.25) is 0 Å². The fourth-order valence-corrected chi connectivity index (χ4v) is 2.72. The van der Waals surface area contributed by atoms with Crippen LogP contribution in [0.5, 0.6) is 5.75 Å². The molecule has 0 atom stereocenters. The number of aryl methyl sites for hydroxylation is 2. The lowest BCUT2D eigenvalue weighted by Crippen LogP contribution is -2.12. The fourth-order valence-electron chi connectivity index (χ4n) is 2.72. The quantitative estimate of drug-likeness (QED) is 0.703. The highest BCUT2D eigenvalue weighted by atomic mass is 16.5. The second kappa shape index (κ2) is 7.67. The van der Waals surface area contributed by atoms with E-state index in [2.05, 4.69) is 11.4 Å². The molecule has 0 aliphatic rings. The number of anilines is 1. The topological polar surface area (TPSA) is 38.3 Å². The van der Waals surface area contributed by atoms with Gasteiger partial charge in [-0.1, -0.05) is 42.5 Å². The molecule has 1 N–H and O–H groups in total. The van der Waals surface area contributed by atoms with Crippen molar-refractivity contribution < 1.29 is 9.53 Å². The maximum atomic E-state index is 12.5. The first-order valence-corrected chi connectivity index (χ1v) is 8.26. The van der Waals surface area contributed by atoms with Crippen molar-refractivity contribution in [3.63, 3.8) is 0 Å². The Kier molecular flexibility index (Phi) is 5.14. The normalized spacial score (nSPS) is 10.3. The molecular formula is C22H21NO2. The number of hydrogen-bond donors (Lipinski definition) is 1. The predicted octanol–water partition coefficient (Wildman–Crippen LogP) is 5.13. The van der Waals surface area contributed by atoms with Crippen molar-refractivity contribution in [2.75, 3.05) is 5.32 Å². The zero-order valence-corrected chi connectivity index (χ0v) is 14.5. The molecule has 1 amide bonds. The van der Waals surface area contributed by atoms with E-state index < -0.39 is 0 Å². The van der Waals surface area contributed by atoms with E-state index in [4.69, 9.17) is 4.74 Å². The molecule has 0 bridgehead atoms. The summed E-state index contributed by atoms with van der Waals surface area (Å²) in [6, 6.07) is 23.2. The summed E-state index contributed by atoms with van der Waals surface area (Å²) >= 11 is 0. The lowest BCUT2D eigenvalue weighted by molar-refractivity contribution is 0.102. The Labute approximate surface area is 148 Å². The summed E-state index contributed by atoms with van der Waals surface area (Å²) in [6.07, 6.45) is 0. The van der Waals surface area contributed by atoms with Crippen molar-refractivity contribution >= 4 is 11.6 Å². The van der Waals surface area contributed by atoms with Gasteiger partial charge in [0.15, 0.2) is 0 Å². The average Bonchev–Trinajstić information content (AvgIpc) is 2.60. The largest absolute Gasteiger partial charge is 0.489 e. The van der Waals surface area contributed by atoms with E-state index in [0.29, 0.717) is 17.9 Å². The van der Waals surface area contributed by atoms with Crippen LogP contribution in [0.3, 0.4) is 0 Å². The number of carbonyl (C=O) groups is 1. The first-order valence-electron chi connectivity index (χ1n) is 8.26. The molecule has 0 saturated carbocycles. The molecule has 126 valence electrons. The highest BCUT2D eigenvalue weighted by Gasteiger charge is 2.08. The van der Waals surface area contributed by atoms with E-state index in [1.165, 1.54) is 0 Å². The minimum atomic E-state index is -0.143. The van der Waals surface area contributed by atoms with Gasteiger partial charge in [0.2, 0.25) is 0 Å². The van der Waals surface area contributed by atoms with Crippen LogP contribution in [0, 0.1) is 13.8 Å². The molecule has 3 nitrogen and oxygen atoms in total. The van der Waals surface area contributed by atoms with E-state index in [9.17, 15) is 4.79 Å². The Balaban J connectivity index is 1.68.